The summed E-state index contributed by atoms with van der Waals surface area (Å²) in [7, 11) is -2.85. The minimum Gasteiger partial charge on any atom is -0.744 e. The molecule has 0 unspecified atom stereocenters. The van der Waals surface area contributed by atoms with Crippen LogP contribution >= 0.6 is 0 Å². The number of benzene rings is 3. The van der Waals surface area contributed by atoms with Crippen LogP contribution < -0.4 is 34.5 Å². The van der Waals surface area contributed by atoms with E-state index in [1.165, 1.54) is 12.1 Å². The minimum atomic E-state index is -5.28. The third-order valence-corrected chi connectivity index (χ3v) is 7.86. The van der Waals surface area contributed by atoms with Crippen molar-refractivity contribution in [2.75, 3.05) is 33.1 Å². The molecule has 0 heterocycles. The first-order chi connectivity index (χ1) is 17.7. The molecule has 198 valence electrons. The fraction of sp³-hybridized carbons (Fsp3) is 0.148. The number of allylic oxidation sites excluding steroid dienone is 5. The Balaban J connectivity index is 0.00000420. The summed E-state index contributed by atoms with van der Waals surface area (Å²) in [6, 6.07) is 11.4. The summed E-state index contributed by atoms with van der Waals surface area (Å²) >= 11 is 0. The zero-order valence-electron chi connectivity index (χ0n) is 22.0. The molecule has 3 aromatic rings. The predicted molar refractivity (Wildman–Crippen MR) is 144 cm³/mol. The van der Waals surface area contributed by atoms with Gasteiger partial charge in [0.15, 0.2) is 5.71 Å². The molecule has 1 aliphatic rings. The van der Waals surface area contributed by atoms with Gasteiger partial charge < -0.3 is 19.1 Å². The second-order valence-corrected chi connectivity index (χ2v) is 11.9. The smallest absolute Gasteiger partial charge is 0.744 e. The second kappa shape index (κ2) is 11.4. The number of phenolic OH excluding ortho intramolecular Hbond substituents is 1. The number of fused-ring (bicyclic) bond motifs is 1. The van der Waals surface area contributed by atoms with Crippen LogP contribution in [0.2, 0.25) is 0 Å². The molecule has 1 aliphatic carbocycles. The number of hydrogen-bond donors (Lipinski definition) is 1. The van der Waals surface area contributed by atoms with Crippen molar-refractivity contribution < 1.29 is 65.2 Å². The first kappa shape index (κ1) is 30.8. The van der Waals surface area contributed by atoms with Crippen molar-refractivity contribution in [2.45, 2.75) is 9.79 Å². The zero-order valence-corrected chi connectivity index (χ0v) is 25.7. The predicted octanol–water partition coefficient (Wildman–Crippen LogP) is 0.0646. The average molecular weight is 577 g/mol. The number of phenols is 1. The normalized spacial score (nSPS) is 13.4. The summed E-state index contributed by atoms with van der Waals surface area (Å²) in [4.78, 5) is 0.128. The molecular weight excluding hydrogens is 551 g/mol. The van der Waals surface area contributed by atoms with Gasteiger partial charge in [-0.1, -0.05) is 18.2 Å². The van der Waals surface area contributed by atoms with Crippen molar-refractivity contribution in [2.24, 2.45) is 0 Å². The van der Waals surface area contributed by atoms with Gasteiger partial charge in [0.05, 0.1) is 9.79 Å². The van der Waals surface area contributed by atoms with Crippen LogP contribution in [-0.4, -0.2) is 69.5 Å². The monoisotopic (exact) mass is 576 g/mol. The van der Waals surface area contributed by atoms with E-state index >= 15 is 0 Å². The summed E-state index contributed by atoms with van der Waals surface area (Å²) in [5.41, 5.74) is 3.42. The van der Waals surface area contributed by atoms with Gasteiger partial charge in [0, 0.05) is 48.5 Å². The molecule has 0 atom stereocenters. The molecule has 0 bridgehead atoms. The molecule has 0 radical (unpaired) electrons. The van der Waals surface area contributed by atoms with E-state index in [0.29, 0.717) is 22.8 Å². The van der Waals surface area contributed by atoms with Crippen LogP contribution in [0, 0.1) is 0 Å². The molecule has 0 aromatic heterocycles. The van der Waals surface area contributed by atoms with Gasteiger partial charge in [-0.25, -0.2) is 21.4 Å². The van der Waals surface area contributed by atoms with Crippen molar-refractivity contribution in [3.05, 3.63) is 89.5 Å². The average Bonchev–Trinajstić information content (AvgIpc) is 2.84. The van der Waals surface area contributed by atoms with E-state index in [1.807, 2.05) is 62.0 Å². The molecule has 0 fully saturated rings. The van der Waals surface area contributed by atoms with Gasteiger partial charge in [0.2, 0.25) is 0 Å². The fourth-order valence-corrected chi connectivity index (χ4v) is 5.64. The van der Waals surface area contributed by atoms with Gasteiger partial charge in [0.25, 0.3) is 0 Å². The number of hydrogen-bond acceptors (Lipinski definition) is 8. The number of aromatic hydroxyl groups is 1. The molecule has 39 heavy (non-hydrogen) atoms. The van der Waals surface area contributed by atoms with Gasteiger partial charge in [-0.15, -0.1) is 0 Å². The van der Waals surface area contributed by atoms with E-state index in [0.717, 1.165) is 17.5 Å². The molecular formula is C27H25N2NaO7S2. The Bertz CT molecular complexity index is 1780. The zero-order chi connectivity index (χ0) is 28.0. The molecule has 1 N–H and O–H groups in total. The van der Waals surface area contributed by atoms with Crippen LogP contribution in [0.5, 0.6) is 5.75 Å². The third kappa shape index (κ3) is 6.36. The largest absolute Gasteiger partial charge is 1.00 e. The van der Waals surface area contributed by atoms with Crippen molar-refractivity contribution in [1.29, 1.82) is 0 Å². The van der Waals surface area contributed by atoms with E-state index in [2.05, 4.69) is 0 Å². The van der Waals surface area contributed by atoms with E-state index in [-0.39, 0.29) is 51.6 Å². The van der Waals surface area contributed by atoms with E-state index in [4.69, 9.17) is 0 Å². The van der Waals surface area contributed by atoms with E-state index in [9.17, 15) is 31.0 Å². The number of anilines is 1. The Morgan fingerprint density at radius 2 is 1.44 bits per heavy atom. The van der Waals surface area contributed by atoms with Gasteiger partial charge in [0.1, 0.15) is 40.1 Å². The van der Waals surface area contributed by atoms with Crippen molar-refractivity contribution in [3.63, 3.8) is 0 Å². The molecule has 0 saturated heterocycles. The maximum Gasteiger partial charge on any atom is 1.00 e. The van der Waals surface area contributed by atoms with E-state index < -0.39 is 30.0 Å². The standard InChI is InChI=1S/C27H26N2O7S2.Na/c1-28(2)20-10-5-17(6-11-20)25(18-7-12-21(13-8-18)29(3)4)27-23(30)14-9-19-15-22(37(31,32)33)16-24(26(19)27)38(34,35)36;/h5-16H,1-4H3,(H2,31,32,33,34,35,36);/q;+1/p-1. The van der Waals surface area contributed by atoms with E-state index in [1.54, 1.807) is 24.3 Å². The molecule has 0 aliphatic heterocycles. The molecule has 0 amide bonds. The first-order valence-electron chi connectivity index (χ1n) is 11.3. The van der Waals surface area contributed by atoms with Crippen LogP contribution in [0.3, 0.4) is 0 Å². The summed E-state index contributed by atoms with van der Waals surface area (Å²) < 4.78 is 74.2. The molecule has 4 rings (SSSR count). The Morgan fingerprint density at radius 1 is 0.846 bits per heavy atom. The second-order valence-electron chi connectivity index (χ2n) is 9.15. The van der Waals surface area contributed by atoms with Crippen molar-refractivity contribution in [1.82, 2.24) is 0 Å². The molecule has 3 aromatic carbocycles. The Kier molecular flexibility index (Phi) is 8.98. The first-order valence-corrected chi connectivity index (χ1v) is 14.1. The molecule has 0 saturated carbocycles. The minimum absolute atomic E-state index is 0. The van der Waals surface area contributed by atoms with Crippen LogP contribution in [0.1, 0.15) is 11.1 Å². The van der Waals surface area contributed by atoms with Gasteiger partial charge in [-0.05, 0) is 59.0 Å². The van der Waals surface area contributed by atoms with Crippen LogP contribution in [0.15, 0.2) is 88.2 Å². The summed E-state index contributed by atoms with van der Waals surface area (Å²) in [6.45, 7) is 0. The van der Waals surface area contributed by atoms with Crippen molar-refractivity contribution in [3.8, 4) is 5.75 Å². The number of nitrogens with zero attached hydrogens (tertiary/aromatic N) is 2. The van der Waals surface area contributed by atoms with Gasteiger partial charge in [-0.2, -0.15) is 0 Å². The fourth-order valence-electron chi connectivity index (χ4n) is 4.29. The van der Waals surface area contributed by atoms with Gasteiger partial charge >= 0.3 is 29.6 Å². The van der Waals surface area contributed by atoms with Crippen molar-refractivity contribution >= 4 is 48.0 Å². The molecule has 9 nitrogen and oxygen atoms in total. The molecule has 12 heteroatoms. The quantitative estimate of drug-likeness (QED) is 0.256. The van der Waals surface area contributed by atoms with Crippen LogP contribution in [0.4, 0.5) is 5.69 Å². The molecule has 0 spiro atoms. The summed E-state index contributed by atoms with van der Waals surface area (Å²) in [6.07, 6.45) is 7.29. The Hall–Kier alpha value is -2.77. The van der Waals surface area contributed by atoms with Gasteiger partial charge in [-0.3, -0.25) is 0 Å². The third-order valence-electron chi connectivity index (χ3n) is 6.19. The van der Waals surface area contributed by atoms with Crippen LogP contribution in [-0.2, 0) is 20.2 Å². The SMILES string of the molecule is CN(C)c1ccc(C(=C2C=CC(=[N+](C)C)C=C2)c2c(O)ccc3cc(S(=O)(=O)[O-])cc(S(=O)(=O)[O-])c23)cc1.[Na+]. The Morgan fingerprint density at radius 3 is 1.92 bits per heavy atom. The maximum atomic E-state index is 12.4. The summed E-state index contributed by atoms with van der Waals surface area (Å²) in [5, 5.41) is 10.9. The Labute approximate surface area is 249 Å². The summed E-state index contributed by atoms with van der Waals surface area (Å²) in [5.74, 6) is -0.330. The topological polar surface area (TPSA) is 141 Å². The maximum absolute atomic E-state index is 12.4. The number of rotatable bonds is 5. The van der Waals surface area contributed by atoms with Crippen LogP contribution in [0.25, 0.3) is 16.3 Å².